The molecule has 3 N–H and O–H groups in total. The molecule has 10 heteroatoms. The van der Waals surface area contributed by atoms with Gasteiger partial charge in [-0.2, -0.15) is 0 Å². The van der Waals surface area contributed by atoms with Crippen LogP contribution < -0.4 is 11.1 Å². The number of imidazole rings is 1. The van der Waals surface area contributed by atoms with Crippen molar-refractivity contribution in [2.45, 2.75) is 6.54 Å². The predicted molar refractivity (Wildman–Crippen MR) is 63.3 cm³/mol. The molecule has 0 spiro atoms. The minimum absolute atomic E-state index is 0.0869. The Hall–Kier alpha value is -2.91. The van der Waals surface area contributed by atoms with Crippen LogP contribution in [0.1, 0.15) is 4.79 Å². The van der Waals surface area contributed by atoms with Crippen LogP contribution >= 0.6 is 0 Å². The maximum atomic E-state index is 11.8. The van der Waals surface area contributed by atoms with Gasteiger partial charge in [-0.1, -0.05) is 5.21 Å². The van der Waals surface area contributed by atoms with Crippen LogP contribution in [0.25, 0.3) is 0 Å². The molecule has 10 nitrogen and oxygen atoms in total. The van der Waals surface area contributed by atoms with Crippen molar-refractivity contribution in [3.05, 3.63) is 18.6 Å². The fourth-order valence-electron chi connectivity index (χ4n) is 1.33. The average molecular weight is 265 g/mol. The van der Waals surface area contributed by atoms with Crippen LogP contribution in [0, 0.1) is 0 Å². The molecule has 0 aliphatic heterocycles. The Morgan fingerprint density at radius 3 is 2.95 bits per heavy atom. The molecular weight excluding hydrogens is 254 g/mol. The number of carbonyl (C=O) groups excluding carboxylic acids is 2. The Kier molecular flexibility index (Phi) is 3.41. The summed E-state index contributed by atoms with van der Waals surface area (Å²) in [5.74, 6) is -0.0548. The number of amides is 1. The van der Waals surface area contributed by atoms with Gasteiger partial charge in [0.2, 0.25) is 5.95 Å². The highest BCUT2D eigenvalue weighted by molar-refractivity contribution is 5.83. The lowest BCUT2D eigenvalue weighted by molar-refractivity contribution is 0.0888. The smallest absolute Gasteiger partial charge is 0.412 e. The summed E-state index contributed by atoms with van der Waals surface area (Å²) < 4.78 is 6.84. The molecule has 0 saturated heterocycles. The largest absolute Gasteiger partial charge is 0.453 e. The number of ether oxygens (including phenoxy) is 1. The van der Waals surface area contributed by atoms with Gasteiger partial charge < -0.3 is 10.5 Å². The van der Waals surface area contributed by atoms with Gasteiger partial charge in [0.15, 0.2) is 5.82 Å². The maximum absolute atomic E-state index is 11.8. The van der Waals surface area contributed by atoms with Gasteiger partial charge in [0.25, 0.3) is 5.91 Å². The van der Waals surface area contributed by atoms with Crippen LogP contribution in [0.3, 0.4) is 0 Å². The normalized spacial score (nSPS) is 10.2. The van der Waals surface area contributed by atoms with Gasteiger partial charge in [0.05, 0.1) is 13.3 Å². The summed E-state index contributed by atoms with van der Waals surface area (Å²) in [5.41, 5.74) is 5.50. The molecule has 0 fully saturated rings. The van der Waals surface area contributed by atoms with E-state index in [2.05, 4.69) is 25.3 Å². The second-order valence-corrected chi connectivity index (χ2v) is 3.47. The quantitative estimate of drug-likeness (QED) is 0.770. The van der Waals surface area contributed by atoms with E-state index in [1.807, 2.05) is 0 Å². The SMILES string of the molecule is COC(=O)Nc1cn(CC(=O)n2ccnc2N)nn1. The van der Waals surface area contributed by atoms with Gasteiger partial charge in [-0.05, 0) is 0 Å². The van der Waals surface area contributed by atoms with Gasteiger partial charge >= 0.3 is 6.09 Å². The number of methoxy groups -OCH3 is 1. The molecule has 1 amide bonds. The number of carbonyl (C=O) groups is 2. The minimum atomic E-state index is -0.669. The summed E-state index contributed by atoms with van der Waals surface area (Å²) in [6.07, 6.45) is 3.58. The number of nitrogens with two attached hydrogens (primary N) is 1. The Bertz CT molecular complexity index is 602. The lowest BCUT2D eigenvalue weighted by Gasteiger charge is -2.02. The van der Waals surface area contributed by atoms with E-state index in [1.54, 1.807) is 0 Å². The Labute approximate surface area is 107 Å². The molecule has 0 bridgehead atoms. The molecule has 0 aliphatic rings. The highest BCUT2D eigenvalue weighted by atomic mass is 16.5. The summed E-state index contributed by atoms with van der Waals surface area (Å²) >= 11 is 0. The number of aromatic nitrogens is 5. The van der Waals surface area contributed by atoms with E-state index in [4.69, 9.17) is 5.73 Å². The molecule has 19 heavy (non-hydrogen) atoms. The summed E-state index contributed by atoms with van der Waals surface area (Å²) in [4.78, 5) is 26.5. The van der Waals surface area contributed by atoms with E-state index in [0.29, 0.717) is 0 Å². The fourth-order valence-corrected chi connectivity index (χ4v) is 1.33. The lowest BCUT2D eigenvalue weighted by Crippen LogP contribution is -2.19. The number of hydrogen-bond donors (Lipinski definition) is 2. The number of nitrogens with zero attached hydrogens (tertiary/aromatic N) is 5. The number of rotatable bonds is 3. The van der Waals surface area contributed by atoms with E-state index in [-0.39, 0.29) is 24.2 Å². The molecule has 2 rings (SSSR count). The van der Waals surface area contributed by atoms with E-state index >= 15 is 0 Å². The Balaban J connectivity index is 2.02. The van der Waals surface area contributed by atoms with Crippen LogP contribution in [0.4, 0.5) is 16.6 Å². The third kappa shape index (κ3) is 2.86. The van der Waals surface area contributed by atoms with E-state index in [9.17, 15) is 9.59 Å². The highest BCUT2D eigenvalue weighted by Crippen LogP contribution is 2.03. The molecule has 2 heterocycles. The number of anilines is 2. The molecule has 0 aromatic carbocycles. The van der Waals surface area contributed by atoms with Crippen molar-refractivity contribution in [1.82, 2.24) is 24.5 Å². The fraction of sp³-hybridized carbons (Fsp3) is 0.222. The monoisotopic (exact) mass is 265 g/mol. The van der Waals surface area contributed by atoms with Crippen molar-refractivity contribution in [2.75, 3.05) is 18.2 Å². The summed E-state index contributed by atoms with van der Waals surface area (Å²) in [6.45, 7) is -0.0869. The molecule has 2 aromatic rings. The first-order valence-corrected chi connectivity index (χ1v) is 5.17. The second-order valence-electron chi connectivity index (χ2n) is 3.47. The van der Waals surface area contributed by atoms with Crippen molar-refractivity contribution in [2.24, 2.45) is 0 Å². The van der Waals surface area contributed by atoms with Gasteiger partial charge in [0.1, 0.15) is 6.54 Å². The predicted octanol–water partition coefficient (Wildman–Crippen LogP) is -0.425. The van der Waals surface area contributed by atoms with Gasteiger partial charge in [0, 0.05) is 12.4 Å². The molecule has 0 atom stereocenters. The average Bonchev–Trinajstić information content (AvgIpc) is 2.98. The number of nitrogens with one attached hydrogen (secondary N) is 1. The summed E-state index contributed by atoms with van der Waals surface area (Å²) in [5, 5.41) is 9.66. The highest BCUT2D eigenvalue weighted by Gasteiger charge is 2.11. The first kappa shape index (κ1) is 12.5. The molecule has 0 aliphatic carbocycles. The van der Waals surface area contributed by atoms with E-state index in [0.717, 1.165) is 0 Å². The van der Waals surface area contributed by atoms with Crippen LogP contribution in [0.2, 0.25) is 0 Å². The molecular formula is C9H11N7O3. The van der Waals surface area contributed by atoms with Crippen molar-refractivity contribution in [3.8, 4) is 0 Å². The van der Waals surface area contributed by atoms with Crippen LogP contribution in [0.15, 0.2) is 18.6 Å². The molecule has 0 unspecified atom stereocenters. The standard InChI is InChI=1S/C9H11N7O3/c1-19-9(18)12-6-4-15(14-13-6)5-7(17)16-3-2-11-8(16)10/h2-4H,5H2,1H3,(H2,10,11)(H,12,18). The van der Waals surface area contributed by atoms with Crippen molar-refractivity contribution < 1.29 is 14.3 Å². The topological polar surface area (TPSA) is 130 Å². The number of hydrogen-bond acceptors (Lipinski definition) is 7. The zero-order valence-electron chi connectivity index (χ0n) is 9.98. The first-order valence-electron chi connectivity index (χ1n) is 5.17. The zero-order valence-corrected chi connectivity index (χ0v) is 9.98. The van der Waals surface area contributed by atoms with Crippen LogP contribution in [0.5, 0.6) is 0 Å². The molecule has 0 radical (unpaired) electrons. The third-order valence-corrected chi connectivity index (χ3v) is 2.19. The summed E-state index contributed by atoms with van der Waals surface area (Å²) in [7, 11) is 1.23. The van der Waals surface area contributed by atoms with E-state index < -0.39 is 6.09 Å². The van der Waals surface area contributed by atoms with Crippen molar-refractivity contribution in [3.63, 3.8) is 0 Å². The van der Waals surface area contributed by atoms with Gasteiger partial charge in [-0.15, -0.1) is 5.10 Å². The first-order chi connectivity index (χ1) is 9.10. The summed E-state index contributed by atoms with van der Waals surface area (Å²) in [6, 6.07) is 0. The third-order valence-electron chi connectivity index (χ3n) is 2.19. The second kappa shape index (κ2) is 5.16. The van der Waals surface area contributed by atoms with Crippen LogP contribution in [-0.4, -0.2) is 43.7 Å². The van der Waals surface area contributed by atoms with Crippen LogP contribution in [-0.2, 0) is 11.3 Å². The van der Waals surface area contributed by atoms with Gasteiger partial charge in [-0.3, -0.25) is 14.7 Å². The zero-order chi connectivity index (χ0) is 13.8. The van der Waals surface area contributed by atoms with E-state index in [1.165, 1.54) is 34.9 Å². The molecule has 100 valence electrons. The van der Waals surface area contributed by atoms with Gasteiger partial charge in [-0.25, -0.2) is 14.5 Å². The Morgan fingerprint density at radius 2 is 2.32 bits per heavy atom. The Morgan fingerprint density at radius 1 is 1.53 bits per heavy atom. The lowest BCUT2D eigenvalue weighted by atomic mass is 10.5. The number of nitrogen functional groups attached to an aromatic ring is 1. The molecule has 2 aromatic heterocycles. The molecule has 0 saturated carbocycles. The minimum Gasteiger partial charge on any atom is -0.453 e. The van der Waals surface area contributed by atoms with Crippen molar-refractivity contribution >= 4 is 23.8 Å². The van der Waals surface area contributed by atoms with Crippen molar-refractivity contribution in [1.29, 1.82) is 0 Å². The maximum Gasteiger partial charge on any atom is 0.412 e.